The van der Waals surface area contributed by atoms with E-state index in [0.29, 0.717) is 23.5 Å². The predicted octanol–water partition coefficient (Wildman–Crippen LogP) is 3.19. The smallest absolute Gasteiger partial charge is 0.251 e. The number of benzene rings is 2. The van der Waals surface area contributed by atoms with Crippen LogP contribution in [0.4, 0.5) is 0 Å². The summed E-state index contributed by atoms with van der Waals surface area (Å²) in [4.78, 5) is 12.7. The SMILES string of the molecule is Cc1cc(C)c(S(=O)(=O)N2CCCC2CNC(=O)c2ccccc2)c(C)c1. The van der Waals surface area contributed by atoms with Gasteiger partial charge in [-0.2, -0.15) is 4.31 Å². The van der Waals surface area contributed by atoms with Gasteiger partial charge in [0.05, 0.1) is 4.90 Å². The highest BCUT2D eigenvalue weighted by Gasteiger charge is 2.36. The van der Waals surface area contributed by atoms with Gasteiger partial charge < -0.3 is 5.32 Å². The predicted molar refractivity (Wildman–Crippen MR) is 106 cm³/mol. The summed E-state index contributed by atoms with van der Waals surface area (Å²) in [6, 6.07) is 12.6. The maximum atomic E-state index is 13.3. The van der Waals surface area contributed by atoms with Crippen molar-refractivity contribution in [2.45, 2.75) is 44.6 Å². The van der Waals surface area contributed by atoms with Crippen LogP contribution in [-0.2, 0) is 10.0 Å². The van der Waals surface area contributed by atoms with Crippen LogP contribution in [-0.4, -0.2) is 37.8 Å². The first-order valence-electron chi connectivity index (χ1n) is 9.23. The molecule has 5 nitrogen and oxygen atoms in total. The molecule has 1 fully saturated rings. The maximum Gasteiger partial charge on any atom is 0.251 e. The summed E-state index contributed by atoms with van der Waals surface area (Å²) in [5.74, 6) is -0.178. The van der Waals surface area contributed by atoms with Gasteiger partial charge in [-0.05, 0) is 56.9 Å². The Morgan fingerprint density at radius 2 is 1.74 bits per heavy atom. The number of rotatable bonds is 5. The van der Waals surface area contributed by atoms with Crippen LogP contribution in [0.25, 0.3) is 0 Å². The van der Waals surface area contributed by atoms with E-state index < -0.39 is 10.0 Å². The number of aryl methyl sites for hydroxylation is 3. The Labute approximate surface area is 161 Å². The Hall–Kier alpha value is -2.18. The van der Waals surface area contributed by atoms with Crippen molar-refractivity contribution < 1.29 is 13.2 Å². The van der Waals surface area contributed by atoms with Gasteiger partial charge in [0, 0.05) is 24.7 Å². The Morgan fingerprint density at radius 1 is 1.11 bits per heavy atom. The molecule has 27 heavy (non-hydrogen) atoms. The standard InChI is InChI=1S/C21H26N2O3S/c1-15-12-16(2)20(17(3)13-15)27(25,26)23-11-7-10-19(23)14-22-21(24)18-8-5-4-6-9-18/h4-6,8-9,12-13,19H,7,10-11,14H2,1-3H3,(H,22,24). The molecule has 1 amide bonds. The molecule has 144 valence electrons. The highest BCUT2D eigenvalue weighted by Crippen LogP contribution is 2.30. The van der Waals surface area contributed by atoms with Crippen molar-refractivity contribution >= 4 is 15.9 Å². The molecule has 1 unspecified atom stereocenters. The minimum Gasteiger partial charge on any atom is -0.350 e. The van der Waals surface area contributed by atoms with E-state index in [4.69, 9.17) is 0 Å². The molecule has 6 heteroatoms. The van der Waals surface area contributed by atoms with Crippen LogP contribution < -0.4 is 5.32 Å². The molecule has 0 aliphatic carbocycles. The van der Waals surface area contributed by atoms with Gasteiger partial charge in [-0.15, -0.1) is 0 Å². The minimum absolute atomic E-state index is 0.178. The van der Waals surface area contributed by atoms with Crippen LogP contribution in [0.1, 0.15) is 39.9 Å². The zero-order valence-corrected chi connectivity index (χ0v) is 16.8. The molecule has 0 bridgehead atoms. The third kappa shape index (κ3) is 4.06. The number of hydrogen-bond donors (Lipinski definition) is 1. The van der Waals surface area contributed by atoms with Crippen molar-refractivity contribution in [1.29, 1.82) is 0 Å². The molecule has 0 aromatic heterocycles. The molecule has 0 saturated carbocycles. The van der Waals surface area contributed by atoms with Crippen LogP contribution in [0.2, 0.25) is 0 Å². The van der Waals surface area contributed by atoms with Gasteiger partial charge in [0.2, 0.25) is 10.0 Å². The zero-order valence-electron chi connectivity index (χ0n) is 16.0. The minimum atomic E-state index is -3.60. The fourth-order valence-electron chi connectivity index (χ4n) is 3.92. The second-order valence-corrected chi connectivity index (χ2v) is 9.04. The molecule has 0 spiro atoms. The zero-order chi connectivity index (χ0) is 19.6. The van der Waals surface area contributed by atoms with E-state index in [0.717, 1.165) is 29.5 Å². The third-order valence-corrected chi connectivity index (χ3v) is 7.29. The quantitative estimate of drug-likeness (QED) is 0.858. The molecule has 1 aliphatic heterocycles. The second kappa shape index (κ2) is 7.82. The highest BCUT2D eigenvalue weighted by atomic mass is 32.2. The summed E-state index contributed by atoms with van der Waals surface area (Å²) in [7, 11) is -3.60. The lowest BCUT2D eigenvalue weighted by atomic mass is 10.1. The van der Waals surface area contributed by atoms with E-state index in [1.54, 1.807) is 16.4 Å². The number of amides is 1. The molecular formula is C21H26N2O3S. The van der Waals surface area contributed by atoms with E-state index >= 15 is 0 Å². The van der Waals surface area contributed by atoms with Gasteiger partial charge >= 0.3 is 0 Å². The molecule has 1 saturated heterocycles. The van der Waals surface area contributed by atoms with Crippen molar-refractivity contribution in [3.8, 4) is 0 Å². The second-order valence-electron chi connectivity index (χ2n) is 7.22. The lowest BCUT2D eigenvalue weighted by molar-refractivity contribution is 0.0946. The normalized spacial score (nSPS) is 17.8. The van der Waals surface area contributed by atoms with E-state index in [2.05, 4.69) is 5.32 Å². The maximum absolute atomic E-state index is 13.3. The van der Waals surface area contributed by atoms with Crippen LogP contribution in [0.15, 0.2) is 47.4 Å². The topological polar surface area (TPSA) is 66.5 Å². The van der Waals surface area contributed by atoms with Crippen molar-refractivity contribution in [3.05, 3.63) is 64.7 Å². The average Bonchev–Trinajstić information content (AvgIpc) is 3.08. The van der Waals surface area contributed by atoms with Crippen molar-refractivity contribution in [3.63, 3.8) is 0 Å². The van der Waals surface area contributed by atoms with Crippen LogP contribution in [0.5, 0.6) is 0 Å². The fourth-order valence-corrected chi connectivity index (χ4v) is 6.03. The summed E-state index contributed by atoms with van der Waals surface area (Å²) in [6.45, 7) is 6.45. The average molecular weight is 387 g/mol. The lowest BCUT2D eigenvalue weighted by Crippen LogP contribution is -2.43. The van der Waals surface area contributed by atoms with Gasteiger partial charge in [-0.25, -0.2) is 8.42 Å². The van der Waals surface area contributed by atoms with Crippen LogP contribution >= 0.6 is 0 Å². The number of nitrogens with zero attached hydrogens (tertiary/aromatic N) is 1. The molecule has 2 aromatic rings. The molecule has 2 aromatic carbocycles. The van der Waals surface area contributed by atoms with Crippen molar-refractivity contribution in [2.24, 2.45) is 0 Å². The van der Waals surface area contributed by atoms with Crippen LogP contribution in [0, 0.1) is 20.8 Å². The molecule has 3 rings (SSSR count). The number of hydrogen-bond acceptors (Lipinski definition) is 3. The van der Waals surface area contributed by atoms with Gasteiger partial charge in [0.15, 0.2) is 0 Å². The summed E-state index contributed by atoms with van der Waals surface area (Å²) < 4.78 is 28.2. The van der Waals surface area contributed by atoms with Crippen molar-refractivity contribution in [1.82, 2.24) is 9.62 Å². The summed E-state index contributed by atoms with van der Waals surface area (Å²) in [5.41, 5.74) is 3.17. The number of sulfonamides is 1. The summed E-state index contributed by atoms with van der Waals surface area (Å²) >= 11 is 0. The van der Waals surface area contributed by atoms with E-state index in [1.165, 1.54) is 0 Å². The fraction of sp³-hybridized carbons (Fsp3) is 0.381. The first-order chi connectivity index (χ1) is 12.8. The number of carbonyl (C=O) groups excluding carboxylic acids is 1. The first kappa shape index (κ1) is 19.6. The summed E-state index contributed by atoms with van der Waals surface area (Å²) in [6.07, 6.45) is 1.55. The van der Waals surface area contributed by atoms with Crippen molar-refractivity contribution in [2.75, 3.05) is 13.1 Å². The Morgan fingerprint density at radius 3 is 2.37 bits per heavy atom. The molecule has 1 atom stereocenters. The highest BCUT2D eigenvalue weighted by molar-refractivity contribution is 7.89. The summed E-state index contributed by atoms with van der Waals surface area (Å²) in [5, 5.41) is 2.89. The number of nitrogens with one attached hydrogen (secondary N) is 1. The Balaban J connectivity index is 1.79. The lowest BCUT2D eigenvalue weighted by Gasteiger charge is -2.26. The third-order valence-electron chi connectivity index (χ3n) is 5.03. The molecule has 1 heterocycles. The van der Waals surface area contributed by atoms with Gasteiger partial charge in [-0.1, -0.05) is 35.9 Å². The molecule has 0 radical (unpaired) electrons. The largest absolute Gasteiger partial charge is 0.350 e. The number of carbonyl (C=O) groups is 1. The molecule has 1 aliphatic rings. The monoisotopic (exact) mass is 386 g/mol. The Bertz CT molecular complexity index is 916. The van der Waals surface area contributed by atoms with E-state index in [-0.39, 0.29) is 11.9 Å². The van der Waals surface area contributed by atoms with Gasteiger partial charge in [0.1, 0.15) is 0 Å². The Kier molecular flexibility index (Phi) is 5.67. The van der Waals surface area contributed by atoms with E-state index in [1.807, 2.05) is 51.1 Å². The van der Waals surface area contributed by atoms with Gasteiger partial charge in [-0.3, -0.25) is 4.79 Å². The van der Waals surface area contributed by atoms with Gasteiger partial charge in [0.25, 0.3) is 5.91 Å². The van der Waals surface area contributed by atoms with Crippen LogP contribution in [0.3, 0.4) is 0 Å². The van der Waals surface area contributed by atoms with E-state index in [9.17, 15) is 13.2 Å². The molecular weight excluding hydrogens is 360 g/mol. The first-order valence-corrected chi connectivity index (χ1v) is 10.7. The molecule has 1 N–H and O–H groups in total.